The summed E-state index contributed by atoms with van der Waals surface area (Å²) in [7, 11) is 0. The maximum Gasteiger partial charge on any atom is 0.357 e. The summed E-state index contributed by atoms with van der Waals surface area (Å²) < 4.78 is 5.39. The summed E-state index contributed by atoms with van der Waals surface area (Å²) in [5.74, 6) is 0. The molecule has 0 saturated carbocycles. The van der Waals surface area contributed by atoms with Crippen molar-refractivity contribution in [3.05, 3.63) is 35.1 Å². The number of carbonyl (C=O) groups excluding carboxylic acids is 1. The van der Waals surface area contributed by atoms with E-state index in [2.05, 4.69) is 20.0 Å². The Labute approximate surface area is 105 Å². The second-order valence-electron chi connectivity index (χ2n) is 3.45. The van der Waals surface area contributed by atoms with Crippen molar-refractivity contribution in [3.63, 3.8) is 0 Å². The lowest BCUT2D eigenvalue weighted by Crippen LogP contribution is -2.00. The smallest absolute Gasteiger partial charge is 0.357 e. The fourth-order valence-electron chi connectivity index (χ4n) is 1.72. The van der Waals surface area contributed by atoms with Gasteiger partial charge in [0.2, 0.25) is 0 Å². The van der Waals surface area contributed by atoms with Crippen molar-refractivity contribution in [2.75, 3.05) is 0 Å². The molecular formula is C11H6ClN3O3. The van der Waals surface area contributed by atoms with Gasteiger partial charge in [-0.15, -0.1) is 0 Å². The van der Waals surface area contributed by atoms with Crippen LogP contribution >= 0.6 is 11.6 Å². The predicted octanol–water partition coefficient (Wildman–Crippen LogP) is 1.95. The number of rotatable bonds is 2. The minimum Gasteiger partial charge on any atom is -0.418 e. The lowest BCUT2D eigenvalue weighted by atomic mass is 10.2. The van der Waals surface area contributed by atoms with Gasteiger partial charge in [0.05, 0.1) is 10.5 Å². The molecule has 2 heterocycles. The minimum absolute atomic E-state index is 0.0436. The number of H-pyrrole nitrogens is 1. The molecule has 6 nitrogen and oxygen atoms in total. The number of nitrogens with zero attached hydrogens (tertiary/aromatic N) is 2. The molecule has 0 aliphatic rings. The molecule has 0 bridgehead atoms. The Morgan fingerprint density at radius 3 is 3.28 bits per heavy atom. The molecule has 1 N–H and O–H groups in total. The van der Waals surface area contributed by atoms with Crippen molar-refractivity contribution in [1.29, 1.82) is 0 Å². The highest BCUT2D eigenvalue weighted by molar-refractivity contribution is 6.36. The molecule has 0 aliphatic heterocycles. The summed E-state index contributed by atoms with van der Waals surface area (Å²) in [6.07, 6.45) is 1.75. The van der Waals surface area contributed by atoms with Crippen molar-refractivity contribution < 1.29 is 14.0 Å². The summed E-state index contributed by atoms with van der Waals surface area (Å²) >= 11 is 6.13. The number of nitrogens with one attached hydrogen (secondary N) is 1. The van der Waals surface area contributed by atoms with Crippen LogP contribution in [0.25, 0.3) is 22.0 Å². The number of aromatic amines is 1. The molecule has 0 radical (unpaired) electrons. The van der Waals surface area contributed by atoms with Crippen LogP contribution in [-0.4, -0.2) is 16.4 Å². The first-order chi connectivity index (χ1) is 8.79. The third-order valence-electron chi connectivity index (χ3n) is 2.42. The SMILES string of the molecule is O=CON=c1nc2cc(Cl)c3ccc[nH]c3c2o1. The summed E-state index contributed by atoms with van der Waals surface area (Å²) in [4.78, 5) is 21.4. The van der Waals surface area contributed by atoms with Crippen LogP contribution < -0.4 is 5.68 Å². The Bertz CT molecular complexity index is 806. The number of hydrogen-bond donors (Lipinski definition) is 1. The Morgan fingerprint density at radius 1 is 1.56 bits per heavy atom. The quantitative estimate of drug-likeness (QED) is 0.435. The monoisotopic (exact) mass is 263 g/mol. The molecule has 18 heavy (non-hydrogen) atoms. The van der Waals surface area contributed by atoms with E-state index < -0.39 is 0 Å². The number of halogens is 1. The highest BCUT2D eigenvalue weighted by atomic mass is 35.5. The van der Waals surface area contributed by atoms with Gasteiger partial charge in [0.15, 0.2) is 5.58 Å². The topological polar surface area (TPSA) is 80.5 Å². The molecule has 3 rings (SSSR count). The van der Waals surface area contributed by atoms with Crippen LogP contribution in [0.1, 0.15) is 0 Å². The fraction of sp³-hybridized carbons (Fsp3) is 0. The van der Waals surface area contributed by atoms with E-state index in [9.17, 15) is 4.79 Å². The molecule has 2 aromatic heterocycles. The zero-order valence-electron chi connectivity index (χ0n) is 8.88. The first-order valence-electron chi connectivity index (χ1n) is 4.99. The Balaban J connectivity index is 2.40. The van der Waals surface area contributed by atoms with Crippen LogP contribution in [0.15, 0.2) is 34.0 Å². The van der Waals surface area contributed by atoms with Gasteiger partial charge >= 0.3 is 12.2 Å². The Morgan fingerprint density at radius 2 is 2.44 bits per heavy atom. The van der Waals surface area contributed by atoms with Crippen molar-refractivity contribution in [2.24, 2.45) is 5.16 Å². The molecule has 90 valence electrons. The van der Waals surface area contributed by atoms with Gasteiger partial charge in [0, 0.05) is 11.6 Å². The summed E-state index contributed by atoms with van der Waals surface area (Å²) in [5, 5.41) is 4.75. The maximum atomic E-state index is 10.0. The lowest BCUT2D eigenvalue weighted by molar-refractivity contribution is -0.129. The molecule has 0 atom stereocenters. The first-order valence-corrected chi connectivity index (χ1v) is 5.37. The van der Waals surface area contributed by atoms with Crippen LogP contribution in [0.2, 0.25) is 5.02 Å². The molecule has 3 aromatic rings. The average molecular weight is 264 g/mol. The van der Waals surface area contributed by atoms with Gasteiger partial charge < -0.3 is 14.2 Å². The molecule has 7 heteroatoms. The average Bonchev–Trinajstić information content (AvgIpc) is 2.80. The molecule has 0 spiro atoms. The van der Waals surface area contributed by atoms with Gasteiger partial charge in [-0.1, -0.05) is 11.6 Å². The Hall–Kier alpha value is -2.34. The molecular weight excluding hydrogens is 258 g/mol. The first kappa shape index (κ1) is 10.8. The van der Waals surface area contributed by atoms with Crippen LogP contribution in [0.4, 0.5) is 0 Å². The summed E-state index contributed by atoms with van der Waals surface area (Å²) in [5.41, 5.74) is 1.70. The van der Waals surface area contributed by atoms with Crippen LogP contribution in [0.5, 0.6) is 0 Å². The summed E-state index contributed by atoms with van der Waals surface area (Å²) in [6, 6.07) is 5.35. The van der Waals surface area contributed by atoms with Crippen LogP contribution in [-0.2, 0) is 9.63 Å². The number of hydrogen-bond acceptors (Lipinski definition) is 5. The number of pyridine rings is 1. The van der Waals surface area contributed by atoms with Gasteiger partial charge in [0.25, 0.3) is 0 Å². The van der Waals surface area contributed by atoms with E-state index in [1.165, 1.54) is 0 Å². The van der Waals surface area contributed by atoms with Gasteiger partial charge in [-0.2, -0.15) is 4.98 Å². The van der Waals surface area contributed by atoms with E-state index in [4.69, 9.17) is 16.0 Å². The van der Waals surface area contributed by atoms with Gasteiger partial charge in [-0.05, 0) is 23.4 Å². The number of fused-ring (bicyclic) bond motifs is 3. The van der Waals surface area contributed by atoms with Gasteiger partial charge in [0.1, 0.15) is 5.52 Å². The van der Waals surface area contributed by atoms with E-state index in [0.717, 1.165) is 5.39 Å². The number of aromatic nitrogens is 2. The predicted molar refractivity (Wildman–Crippen MR) is 63.6 cm³/mol. The molecule has 0 saturated heterocycles. The standard InChI is InChI=1S/C11H6ClN3O3/c12-7-4-8-10(9-6(7)2-1-3-13-9)18-11(14-8)15-17-5-16/h1-5,13H. The molecule has 0 fully saturated rings. The van der Waals surface area contributed by atoms with E-state index in [-0.39, 0.29) is 12.2 Å². The summed E-state index contributed by atoms with van der Waals surface area (Å²) in [6.45, 7) is 0.187. The molecule has 0 amide bonds. The number of oxazole rings is 1. The number of benzene rings is 1. The number of carbonyl (C=O) groups is 1. The van der Waals surface area contributed by atoms with Crippen molar-refractivity contribution in [3.8, 4) is 0 Å². The largest absolute Gasteiger partial charge is 0.418 e. The van der Waals surface area contributed by atoms with E-state index >= 15 is 0 Å². The lowest BCUT2D eigenvalue weighted by Gasteiger charge is -1.99. The zero-order chi connectivity index (χ0) is 12.5. The molecule has 1 aromatic carbocycles. The van der Waals surface area contributed by atoms with Crippen LogP contribution in [0.3, 0.4) is 0 Å². The highest BCUT2D eigenvalue weighted by Gasteiger charge is 2.10. The fourth-order valence-corrected chi connectivity index (χ4v) is 1.99. The highest BCUT2D eigenvalue weighted by Crippen LogP contribution is 2.28. The van der Waals surface area contributed by atoms with Crippen molar-refractivity contribution >= 4 is 40.1 Å². The van der Waals surface area contributed by atoms with Gasteiger partial charge in [-0.25, -0.2) is 0 Å². The zero-order valence-corrected chi connectivity index (χ0v) is 9.64. The van der Waals surface area contributed by atoms with Crippen molar-refractivity contribution in [1.82, 2.24) is 9.97 Å². The van der Waals surface area contributed by atoms with E-state index in [1.54, 1.807) is 12.3 Å². The maximum absolute atomic E-state index is 10.0. The van der Waals surface area contributed by atoms with E-state index in [0.29, 0.717) is 21.6 Å². The second-order valence-corrected chi connectivity index (χ2v) is 3.86. The third-order valence-corrected chi connectivity index (χ3v) is 2.73. The van der Waals surface area contributed by atoms with E-state index in [1.807, 2.05) is 12.1 Å². The minimum atomic E-state index is -0.0436. The van der Waals surface area contributed by atoms with Gasteiger partial charge in [-0.3, -0.25) is 4.79 Å². The molecule has 0 aliphatic carbocycles. The van der Waals surface area contributed by atoms with Crippen molar-refractivity contribution in [2.45, 2.75) is 0 Å². The normalized spacial score (nSPS) is 12.2. The van der Waals surface area contributed by atoms with Crippen LogP contribution in [0, 0.1) is 0 Å². The molecule has 0 unspecified atom stereocenters. The third kappa shape index (κ3) is 1.63. The second kappa shape index (κ2) is 4.15. The Kier molecular flexibility index (Phi) is 2.49.